The number of aryl methyl sites for hydroxylation is 2. The Kier molecular flexibility index (Phi) is 6.99. The van der Waals surface area contributed by atoms with Gasteiger partial charge < -0.3 is 10.6 Å². The van der Waals surface area contributed by atoms with Gasteiger partial charge in [-0.3, -0.25) is 4.99 Å². The summed E-state index contributed by atoms with van der Waals surface area (Å²) in [5.41, 5.74) is 0.0738. The fraction of sp³-hybridized carbons (Fsp3) is 0.571. The SMILES string of the molecule is CCNC(=NCCC(C)c1cccc(C(F)(F)F)c1)NC1CCc2nc(C)nn2C1. The van der Waals surface area contributed by atoms with Gasteiger partial charge >= 0.3 is 6.18 Å². The number of nitrogens with zero attached hydrogens (tertiary/aromatic N) is 4. The highest BCUT2D eigenvalue weighted by Gasteiger charge is 2.30. The zero-order chi connectivity index (χ0) is 21.7. The monoisotopic (exact) mass is 422 g/mol. The third kappa shape index (κ3) is 5.73. The van der Waals surface area contributed by atoms with Crippen LogP contribution in [-0.4, -0.2) is 39.9 Å². The van der Waals surface area contributed by atoms with Gasteiger partial charge in [-0.2, -0.15) is 18.3 Å². The fourth-order valence-electron chi connectivity index (χ4n) is 3.62. The zero-order valence-corrected chi connectivity index (χ0v) is 17.6. The van der Waals surface area contributed by atoms with E-state index in [1.807, 2.05) is 25.5 Å². The van der Waals surface area contributed by atoms with Crippen LogP contribution in [0.4, 0.5) is 13.2 Å². The molecular weight excluding hydrogens is 393 g/mol. The number of rotatable bonds is 6. The Morgan fingerprint density at radius 1 is 1.37 bits per heavy atom. The summed E-state index contributed by atoms with van der Waals surface area (Å²) in [5.74, 6) is 2.51. The maximum absolute atomic E-state index is 12.9. The highest BCUT2D eigenvalue weighted by atomic mass is 19.4. The molecule has 0 bridgehead atoms. The van der Waals surface area contributed by atoms with Crippen molar-refractivity contribution in [1.82, 2.24) is 25.4 Å². The van der Waals surface area contributed by atoms with Gasteiger partial charge in [0.1, 0.15) is 11.6 Å². The molecule has 2 atom stereocenters. The summed E-state index contributed by atoms with van der Waals surface area (Å²) in [5, 5.41) is 11.1. The van der Waals surface area contributed by atoms with Crippen LogP contribution in [0.2, 0.25) is 0 Å². The van der Waals surface area contributed by atoms with Crippen molar-refractivity contribution < 1.29 is 13.2 Å². The minimum atomic E-state index is -4.32. The van der Waals surface area contributed by atoms with Crippen molar-refractivity contribution in [3.05, 3.63) is 47.0 Å². The Bertz CT molecular complexity index is 874. The van der Waals surface area contributed by atoms with Gasteiger partial charge in [-0.15, -0.1) is 0 Å². The molecule has 6 nitrogen and oxygen atoms in total. The first kappa shape index (κ1) is 22.1. The Morgan fingerprint density at radius 2 is 2.17 bits per heavy atom. The topological polar surface area (TPSA) is 67.1 Å². The molecule has 164 valence electrons. The molecule has 1 aromatic carbocycles. The van der Waals surface area contributed by atoms with Crippen LogP contribution < -0.4 is 10.6 Å². The van der Waals surface area contributed by atoms with Crippen molar-refractivity contribution in [1.29, 1.82) is 0 Å². The minimum absolute atomic E-state index is 0.0192. The van der Waals surface area contributed by atoms with Crippen LogP contribution >= 0.6 is 0 Å². The number of hydrogen-bond donors (Lipinski definition) is 2. The normalized spacial score (nSPS) is 18.1. The molecule has 2 N–H and O–H groups in total. The van der Waals surface area contributed by atoms with Gasteiger partial charge in [-0.25, -0.2) is 9.67 Å². The number of hydrogen-bond acceptors (Lipinski definition) is 3. The number of benzene rings is 1. The molecule has 3 rings (SSSR count). The summed E-state index contributed by atoms with van der Waals surface area (Å²) >= 11 is 0. The van der Waals surface area contributed by atoms with Gasteiger partial charge in [0, 0.05) is 25.6 Å². The lowest BCUT2D eigenvalue weighted by Gasteiger charge is -2.25. The lowest BCUT2D eigenvalue weighted by Crippen LogP contribution is -2.47. The van der Waals surface area contributed by atoms with E-state index in [-0.39, 0.29) is 12.0 Å². The van der Waals surface area contributed by atoms with Gasteiger partial charge in [0.25, 0.3) is 0 Å². The molecule has 2 heterocycles. The molecule has 0 fully saturated rings. The van der Waals surface area contributed by atoms with Gasteiger partial charge in [-0.1, -0.05) is 25.1 Å². The maximum Gasteiger partial charge on any atom is 0.416 e. The first-order valence-electron chi connectivity index (χ1n) is 10.4. The summed E-state index contributed by atoms with van der Waals surface area (Å²) in [4.78, 5) is 9.06. The first-order chi connectivity index (χ1) is 14.3. The maximum atomic E-state index is 12.9. The van der Waals surface area contributed by atoms with Gasteiger partial charge in [0.2, 0.25) is 0 Å². The van der Waals surface area contributed by atoms with Crippen LogP contribution in [-0.2, 0) is 19.1 Å². The fourth-order valence-corrected chi connectivity index (χ4v) is 3.62. The minimum Gasteiger partial charge on any atom is -0.357 e. The summed E-state index contributed by atoms with van der Waals surface area (Å²) in [6.45, 7) is 7.82. The Labute approximate surface area is 175 Å². The lowest BCUT2D eigenvalue weighted by molar-refractivity contribution is -0.137. The lowest BCUT2D eigenvalue weighted by atomic mass is 9.96. The molecule has 30 heavy (non-hydrogen) atoms. The standard InChI is InChI=1S/C21H29F3N6/c1-4-25-20(28-18-8-9-19-27-15(3)29-30(19)13-18)26-11-10-14(2)16-6-5-7-17(12-16)21(22,23)24/h5-7,12,14,18H,4,8-11,13H2,1-3H3,(H2,25,26,28). The molecule has 0 radical (unpaired) electrons. The highest BCUT2D eigenvalue weighted by Crippen LogP contribution is 2.31. The third-order valence-electron chi connectivity index (χ3n) is 5.26. The summed E-state index contributed by atoms with van der Waals surface area (Å²) in [6.07, 6.45) is -1.85. The molecule has 9 heteroatoms. The molecule has 1 aliphatic heterocycles. The zero-order valence-electron chi connectivity index (χ0n) is 17.6. The van der Waals surface area contributed by atoms with Crippen molar-refractivity contribution in [3.8, 4) is 0 Å². The Morgan fingerprint density at radius 3 is 2.90 bits per heavy atom. The predicted octanol–water partition coefficient (Wildman–Crippen LogP) is 3.67. The summed E-state index contributed by atoms with van der Waals surface area (Å²) in [7, 11) is 0. The van der Waals surface area contributed by atoms with E-state index in [1.165, 1.54) is 12.1 Å². The second-order valence-electron chi connectivity index (χ2n) is 7.71. The van der Waals surface area contributed by atoms with E-state index in [0.29, 0.717) is 18.5 Å². The van der Waals surface area contributed by atoms with Crippen LogP contribution in [0.5, 0.6) is 0 Å². The Balaban J connectivity index is 1.57. The second-order valence-corrected chi connectivity index (χ2v) is 7.71. The van der Waals surface area contributed by atoms with E-state index in [9.17, 15) is 13.2 Å². The molecule has 1 aromatic heterocycles. The molecule has 0 aliphatic carbocycles. The predicted molar refractivity (Wildman–Crippen MR) is 110 cm³/mol. The Hall–Kier alpha value is -2.58. The van der Waals surface area contributed by atoms with Crippen molar-refractivity contribution >= 4 is 5.96 Å². The van der Waals surface area contributed by atoms with Crippen molar-refractivity contribution in [2.45, 2.75) is 64.7 Å². The number of aliphatic imine (C=N–C) groups is 1. The van der Waals surface area contributed by atoms with E-state index in [4.69, 9.17) is 0 Å². The van der Waals surface area contributed by atoms with Crippen LogP contribution in [0.25, 0.3) is 0 Å². The van der Waals surface area contributed by atoms with E-state index < -0.39 is 11.7 Å². The molecule has 0 spiro atoms. The first-order valence-corrected chi connectivity index (χ1v) is 10.4. The van der Waals surface area contributed by atoms with Crippen molar-refractivity contribution in [2.24, 2.45) is 4.99 Å². The smallest absolute Gasteiger partial charge is 0.357 e. The third-order valence-corrected chi connectivity index (χ3v) is 5.26. The van der Waals surface area contributed by atoms with Crippen molar-refractivity contribution in [2.75, 3.05) is 13.1 Å². The van der Waals surface area contributed by atoms with Gasteiger partial charge in [0.05, 0.1) is 12.1 Å². The van der Waals surface area contributed by atoms with Crippen LogP contribution in [0.1, 0.15) is 55.4 Å². The van der Waals surface area contributed by atoms with Gasteiger partial charge in [-0.05, 0) is 44.2 Å². The van der Waals surface area contributed by atoms with Crippen LogP contribution in [0, 0.1) is 6.92 Å². The number of guanidine groups is 1. The molecule has 2 aromatic rings. The van der Waals surface area contributed by atoms with Crippen molar-refractivity contribution in [3.63, 3.8) is 0 Å². The number of aromatic nitrogens is 3. The van der Waals surface area contributed by atoms with E-state index in [0.717, 1.165) is 49.6 Å². The molecule has 0 saturated heterocycles. The average Bonchev–Trinajstić information content (AvgIpc) is 3.06. The highest BCUT2D eigenvalue weighted by molar-refractivity contribution is 5.80. The quantitative estimate of drug-likeness (QED) is 0.551. The summed E-state index contributed by atoms with van der Waals surface area (Å²) in [6, 6.07) is 5.75. The summed E-state index contributed by atoms with van der Waals surface area (Å²) < 4.78 is 40.8. The number of halogens is 3. The van der Waals surface area contributed by atoms with E-state index >= 15 is 0 Å². The van der Waals surface area contributed by atoms with Gasteiger partial charge in [0.15, 0.2) is 5.96 Å². The van der Waals surface area contributed by atoms with Crippen LogP contribution in [0.15, 0.2) is 29.3 Å². The van der Waals surface area contributed by atoms with E-state index in [2.05, 4.69) is 25.7 Å². The number of fused-ring (bicyclic) bond motifs is 1. The molecule has 0 amide bonds. The average molecular weight is 422 g/mol. The molecule has 1 aliphatic rings. The van der Waals surface area contributed by atoms with Crippen LogP contribution in [0.3, 0.4) is 0 Å². The van der Waals surface area contributed by atoms with E-state index in [1.54, 1.807) is 6.07 Å². The molecular formula is C21H29F3N6. The largest absolute Gasteiger partial charge is 0.416 e. The second kappa shape index (κ2) is 9.49. The molecule has 0 saturated carbocycles. The number of alkyl halides is 3. The number of nitrogens with one attached hydrogen (secondary N) is 2. The molecule has 2 unspecified atom stereocenters.